The molecule has 19 heavy (non-hydrogen) atoms. The molecule has 1 amide bonds. The Bertz CT molecular complexity index is 583. The number of alkyl halides is 1. The van der Waals surface area contributed by atoms with Crippen LogP contribution in [0.2, 0.25) is 5.02 Å². The molecule has 1 aromatic carbocycles. The van der Waals surface area contributed by atoms with Gasteiger partial charge in [-0.1, -0.05) is 23.7 Å². The van der Waals surface area contributed by atoms with E-state index in [0.717, 1.165) is 5.56 Å². The van der Waals surface area contributed by atoms with Crippen molar-refractivity contribution in [3.8, 4) is 0 Å². The third-order valence-corrected chi connectivity index (χ3v) is 2.87. The third-order valence-electron chi connectivity index (χ3n) is 2.35. The lowest BCUT2D eigenvalue weighted by Crippen LogP contribution is -2.13. The summed E-state index contributed by atoms with van der Waals surface area (Å²) < 4.78 is 14.3. The van der Waals surface area contributed by atoms with E-state index in [1.165, 1.54) is 12.1 Å². The molecule has 1 heterocycles. The van der Waals surface area contributed by atoms with E-state index < -0.39 is 0 Å². The number of aromatic nitrogens is 2. The molecule has 2 rings (SSSR count). The summed E-state index contributed by atoms with van der Waals surface area (Å²) in [4.78, 5) is 11.1. The van der Waals surface area contributed by atoms with Gasteiger partial charge in [0.25, 0.3) is 0 Å². The van der Waals surface area contributed by atoms with E-state index >= 15 is 0 Å². The highest BCUT2D eigenvalue weighted by Crippen LogP contribution is 2.20. The molecule has 0 spiro atoms. The summed E-state index contributed by atoms with van der Waals surface area (Å²) in [5.74, 6) is -0.580. The van der Waals surface area contributed by atoms with Crippen LogP contribution in [0.15, 0.2) is 30.5 Å². The highest BCUT2D eigenvalue weighted by Gasteiger charge is 2.10. The van der Waals surface area contributed by atoms with Crippen LogP contribution in [-0.4, -0.2) is 21.6 Å². The highest BCUT2D eigenvalue weighted by atomic mass is 35.5. The Hall–Kier alpha value is -1.59. The van der Waals surface area contributed by atoms with Crippen LogP contribution >= 0.6 is 23.2 Å². The van der Waals surface area contributed by atoms with E-state index in [-0.39, 0.29) is 23.4 Å². The largest absolute Gasteiger partial charge is 0.307 e. The lowest BCUT2D eigenvalue weighted by Gasteiger charge is -2.01. The summed E-state index contributed by atoms with van der Waals surface area (Å²) >= 11 is 11.3. The summed E-state index contributed by atoms with van der Waals surface area (Å²) in [5.41, 5.74) is 0.871. The fourth-order valence-corrected chi connectivity index (χ4v) is 1.77. The molecule has 1 aromatic heterocycles. The predicted octanol–water partition coefficient (Wildman–Crippen LogP) is 2.90. The van der Waals surface area contributed by atoms with Crippen LogP contribution in [0, 0.1) is 5.82 Å². The second kappa shape index (κ2) is 6.04. The molecule has 0 bridgehead atoms. The van der Waals surface area contributed by atoms with E-state index in [1.54, 1.807) is 23.0 Å². The van der Waals surface area contributed by atoms with Gasteiger partial charge < -0.3 is 5.32 Å². The number of amides is 1. The van der Waals surface area contributed by atoms with E-state index in [9.17, 15) is 9.18 Å². The van der Waals surface area contributed by atoms with Gasteiger partial charge in [0.1, 0.15) is 16.7 Å². The van der Waals surface area contributed by atoms with E-state index in [4.69, 9.17) is 23.2 Å². The summed E-state index contributed by atoms with van der Waals surface area (Å²) in [7, 11) is 0. The first kappa shape index (κ1) is 13.8. The molecule has 0 radical (unpaired) electrons. The van der Waals surface area contributed by atoms with Gasteiger partial charge in [0.15, 0.2) is 5.82 Å². The molecule has 7 heteroatoms. The van der Waals surface area contributed by atoms with Gasteiger partial charge in [-0.25, -0.2) is 4.39 Å². The van der Waals surface area contributed by atoms with Crippen LogP contribution in [0.25, 0.3) is 0 Å². The number of carbonyl (C=O) groups excluding carboxylic acids is 1. The minimum atomic E-state index is -0.379. The fraction of sp³-hybridized carbons (Fsp3) is 0.167. The molecule has 100 valence electrons. The van der Waals surface area contributed by atoms with Crippen molar-refractivity contribution in [2.75, 3.05) is 11.2 Å². The van der Waals surface area contributed by atoms with Crippen molar-refractivity contribution in [2.24, 2.45) is 0 Å². The first-order valence-corrected chi connectivity index (χ1v) is 6.33. The van der Waals surface area contributed by atoms with Crippen molar-refractivity contribution in [1.82, 2.24) is 9.78 Å². The average molecular weight is 302 g/mol. The molecular weight excluding hydrogens is 292 g/mol. The van der Waals surface area contributed by atoms with Crippen LogP contribution in [0.5, 0.6) is 0 Å². The Morgan fingerprint density at radius 3 is 2.68 bits per heavy atom. The van der Waals surface area contributed by atoms with Gasteiger partial charge in [-0.15, -0.1) is 11.6 Å². The molecule has 2 aromatic rings. The summed E-state index contributed by atoms with van der Waals surface area (Å²) in [5, 5.41) is 6.92. The van der Waals surface area contributed by atoms with Crippen molar-refractivity contribution >= 4 is 34.9 Å². The summed E-state index contributed by atoms with van der Waals surface area (Å²) in [6.45, 7) is 0.427. The Kier molecular flexibility index (Phi) is 4.39. The second-order valence-corrected chi connectivity index (χ2v) is 4.51. The SMILES string of the molecule is O=C(CCl)Nc1nn(Cc2ccc(F)cc2)cc1Cl. The number of nitrogens with one attached hydrogen (secondary N) is 1. The molecule has 0 fully saturated rings. The van der Waals surface area contributed by atoms with Crippen molar-refractivity contribution in [2.45, 2.75) is 6.54 Å². The molecule has 0 saturated heterocycles. The van der Waals surface area contributed by atoms with Crippen LogP contribution in [0.4, 0.5) is 10.2 Å². The average Bonchev–Trinajstić information content (AvgIpc) is 2.72. The highest BCUT2D eigenvalue weighted by molar-refractivity contribution is 6.34. The minimum Gasteiger partial charge on any atom is -0.307 e. The molecule has 0 unspecified atom stereocenters. The Morgan fingerprint density at radius 1 is 1.37 bits per heavy atom. The monoisotopic (exact) mass is 301 g/mol. The van der Waals surface area contributed by atoms with Crippen molar-refractivity contribution in [3.63, 3.8) is 0 Å². The maximum atomic E-state index is 12.8. The number of halogens is 3. The zero-order chi connectivity index (χ0) is 13.8. The molecular formula is C12H10Cl2FN3O. The van der Waals surface area contributed by atoms with Crippen molar-refractivity contribution < 1.29 is 9.18 Å². The molecule has 4 nitrogen and oxygen atoms in total. The number of anilines is 1. The first-order chi connectivity index (χ1) is 9.08. The van der Waals surface area contributed by atoms with Gasteiger partial charge in [0.05, 0.1) is 6.54 Å². The van der Waals surface area contributed by atoms with E-state index in [0.29, 0.717) is 11.6 Å². The lowest BCUT2D eigenvalue weighted by atomic mass is 10.2. The van der Waals surface area contributed by atoms with Gasteiger partial charge in [-0.3, -0.25) is 9.48 Å². The molecule has 0 atom stereocenters. The second-order valence-electron chi connectivity index (χ2n) is 3.83. The topological polar surface area (TPSA) is 46.9 Å². The molecule has 0 aliphatic rings. The van der Waals surface area contributed by atoms with Crippen LogP contribution in [0.3, 0.4) is 0 Å². The summed E-state index contributed by atoms with van der Waals surface area (Å²) in [6.07, 6.45) is 1.58. The first-order valence-electron chi connectivity index (χ1n) is 5.41. The molecule has 0 aliphatic heterocycles. The van der Waals surface area contributed by atoms with Gasteiger partial charge in [-0.05, 0) is 17.7 Å². The number of rotatable bonds is 4. The van der Waals surface area contributed by atoms with E-state index in [2.05, 4.69) is 10.4 Å². The third kappa shape index (κ3) is 3.68. The predicted molar refractivity (Wildman–Crippen MR) is 72.1 cm³/mol. The molecule has 0 saturated carbocycles. The smallest absolute Gasteiger partial charge is 0.240 e. The molecule has 1 N–H and O–H groups in total. The standard InChI is InChI=1S/C12H10Cl2FN3O/c13-5-11(19)16-12-10(14)7-18(17-12)6-8-1-3-9(15)4-2-8/h1-4,7H,5-6H2,(H,16,17,19). The fourth-order valence-electron chi connectivity index (χ4n) is 1.51. The molecule has 0 aliphatic carbocycles. The Balaban J connectivity index is 2.11. The number of hydrogen-bond donors (Lipinski definition) is 1. The number of carbonyl (C=O) groups is 1. The van der Waals surface area contributed by atoms with Gasteiger partial charge in [-0.2, -0.15) is 5.10 Å². The Labute approximate surface area is 119 Å². The Morgan fingerprint density at radius 2 is 2.05 bits per heavy atom. The van der Waals surface area contributed by atoms with Crippen LogP contribution in [0.1, 0.15) is 5.56 Å². The quantitative estimate of drug-likeness (QED) is 0.883. The zero-order valence-electron chi connectivity index (χ0n) is 9.74. The van der Waals surface area contributed by atoms with Gasteiger partial charge >= 0.3 is 0 Å². The number of nitrogens with zero attached hydrogens (tertiary/aromatic N) is 2. The zero-order valence-corrected chi connectivity index (χ0v) is 11.2. The summed E-state index contributed by atoms with van der Waals surface area (Å²) in [6, 6.07) is 6.05. The maximum Gasteiger partial charge on any atom is 0.240 e. The van der Waals surface area contributed by atoms with Crippen molar-refractivity contribution in [1.29, 1.82) is 0 Å². The number of benzene rings is 1. The maximum absolute atomic E-state index is 12.8. The van der Waals surface area contributed by atoms with Crippen molar-refractivity contribution in [3.05, 3.63) is 46.9 Å². The van der Waals surface area contributed by atoms with Crippen LogP contribution in [-0.2, 0) is 11.3 Å². The minimum absolute atomic E-state index is 0.166. The van der Waals surface area contributed by atoms with Gasteiger partial charge in [0, 0.05) is 6.20 Å². The normalized spacial score (nSPS) is 10.5. The van der Waals surface area contributed by atoms with E-state index in [1.807, 2.05) is 0 Å². The number of hydrogen-bond acceptors (Lipinski definition) is 2. The van der Waals surface area contributed by atoms with Crippen LogP contribution < -0.4 is 5.32 Å². The lowest BCUT2D eigenvalue weighted by molar-refractivity contribution is -0.113. The van der Waals surface area contributed by atoms with Gasteiger partial charge in [0.2, 0.25) is 5.91 Å².